The first kappa shape index (κ1) is 21.1. The average Bonchev–Trinajstić information content (AvgIpc) is 3.22. The first-order valence-electron chi connectivity index (χ1n) is 11.1. The highest BCUT2D eigenvalue weighted by molar-refractivity contribution is 5.89. The van der Waals surface area contributed by atoms with Crippen LogP contribution in [0.5, 0.6) is 0 Å². The molecule has 1 aliphatic rings. The van der Waals surface area contributed by atoms with Gasteiger partial charge in [-0.2, -0.15) is 0 Å². The van der Waals surface area contributed by atoms with Crippen molar-refractivity contribution in [3.05, 3.63) is 76.1 Å². The summed E-state index contributed by atoms with van der Waals surface area (Å²) in [6.07, 6.45) is 2.28. The van der Waals surface area contributed by atoms with E-state index < -0.39 is 0 Å². The zero-order valence-corrected chi connectivity index (χ0v) is 18.3. The van der Waals surface area contributed by atoms with E-state index in [0.717, 1.165) is 41.7 Å². The molecule has 2 atom stereocenters. The molecule has 4 rings (SSSR count). The van der Waals surface area contributed by atoms with Crippen LogP contribution in [0.1, 0.15) is 30.9 Å². The van der Waals surface area contributed by atoms with Gasteiger partial charge in [0.25, 0.3) is 5.56 Å². The fourth-order valence-electron chi connectivity index (χ4n) is 4.57. The van der Waals surface area contributed by atoms with Gasteiger partial charge in [0, 0.05) is 29.6 Å². The number of anilines is 1. The minimum absolute atomic E-state index is 0.139. The Balaban J connectivity index is 1.61. The molecule has 162 valence electrons. The van der Waals surface area contributed by atoms with E-state index in [1.54, 1.807) is 4.90 Å². The molecular formula is C25H31N4O2+. The van der Waals surface area contributed by atoms with Crippen LogP contribution in [0, 0.1) is 6.92 Å². The highest BCUT2D eigenvalue weighted by Crippen LogP contribution is 2.16. The number of quaternary nitrogens is 1. The zero-order chi connectivity index (χ0) is 21.8. The van der Waals surface area contributed by atoms with Gasteiger partial charge in [0.2, 0.25) is 0 Å². The standard InChI is InChI=1S/C25H30N4O2/c1-3-28-13-7-10-22(28)17-29(25(31)26-21-8-5-4-6-9-21)16-20-15-19-14-18(2)11-12-23(19)27-24(20)30/h4-6,8-9,11-12,14-15,22H,3,7,10,13,16-17H2,1-2H3,(H,26,31)(H,27,30)/p+1/t22-/m1/s1. The van der Waals surface area contributed by atoms with E-state index >= 15 is 0 Å². The van der Waals surface area contributed by atoms with Crippen LogP contribution in [-0.2, 0) is 6.54 Å². The van der Waals surface area contributed by atoms with E-state index in [-0.39, 0.29) is 18.1 Å². The number of H-pyrrole nitrogens is 1. The number of rotatable bonds is 6. The number of carbonyl (C=O) groups is 1. The van der Waals surface area contributed by atoms with Gasteiger partial charge in [-0.05, 0) is 49.6 Å². The molecular weight excluding hydrogens is 388 g/mol. The number of urea groups is 1. The third kappa shape index (κ3) is 4.97. The number of carbonyl (C=O) groups excluding carboxylic acids is 1. The Morgan fingerprint density at radius 1 is 1.19 bits per heavy atom. The number of hydrogen-bond donors (Lipinski definition) is 3. The first-order valence-corrected chi connectivity index (χ1v) is 11.1. The summed E-state index contributed by atoms with van der Waals surface area (Å²) in [5, 5.41) is 3.99. The molecule has 2 amide bonds. The number of aromatic amines is 1. The number of aryl methyl sites for hydroxylation is 1. The molecule has 0 bridgehead atoms. The molecule has 3 N–H and O–H groups in total. The summed E-state index contributed by atoms with van der Waals surface area (Å²) in [5.41, 5.74) is 3.18. The lowest BCUT2D eigenvalue weighted by molar-refractivity contribution is -0.909. The van der Waals surface area contributed by atoms with Crippen LogP contribution in [0.15, 0.2) is 59.4 Å². The van der Waals surface area contributed by atoms with E-state index in [2.05, 4.69) is 23.3 Å². The molecule has 2 aromatic carbocycles. The van der Waals surface area contributed by atoms with Crippen molar-refractivity contribution >= 4 is 22.6 Å². The summed E-state index contributed by atoms with van der Waals surface area (Å²) in [4.78, 5) is 32.3. The predicted octanol–water partition coefficient (Wildman–Crippen LogP) is 2.94. The maximum Gasteiger partial charge on any atom is 0.322 e. The third-order valence-corrected chi connectivity index (χ3v) is 6.27. The number of benzene rings is 2. The molecule has 1 aliphatic heterocycles. The highest BCUT2D eigenvalue weighted by Gasteiger charge is 2.31. The van der Waals surface area contributed by atoms with Gasteiger partial charge >= 0.3 is 6.03 Å². The Morgan fingerprint density at radius 3 is 2.77 bits per heavy atom. The topological polar surface area (TPSA) is 69.6 Å². The quantitative estimate of drug-likeness (QED) is 0.575. The van der Waals surface area contributed by atoms with E-state index in [9.17, 15) is 9.59 Å². The molecule has 6 heteroatoms. The number of likely N-dealkylation sites (tertiary alicyclic amines) is 1. The van der Waals surface area contributed by atoms with Gasteiger partial charge in [0.15, 0.2) is 0 Å². The molecule has 0 aliphatic carbocycles. The van der Waals surface area contributed by atoms with Crippen molar-refractivity contribution in [1.82, 2.24) is 9.88 Å². The summed E-state index contributed by atoms with van der Waals surface area (Å²) in [6.45, 7) is 7.34. The molecule has 2 heterocycles. The SMILES string of the molecule is CC[NH+]1CCC[C@@H]1CN(Cc1cc2cc(C)ccc2[nH]c1=O)C(=O)Nc1ccccc1. The number of likely N-dealkylation sites (N-methyl/N-ethyl adjacent to an activating group) is 1. The van der Waals surface area contributed by atoms with Gasteiger partial charge < -0.3 is 20.1 Å². The Bertz CT molecular complexity index is 1110. The molecule has 31 heavy (non-hydrogen) atoms. The summed E-state index contributed by atoms with van der Waals surface area (Å²) in [5.74, 6) is 0. The largest absolute Gasteiger partial charge is 0.331 e. The van der Waals surface area contributed by atoms with E-state index in [1.807, 2.05) is 55.5 Å². The van der Waals surface area contributed by atoms with E-state index in [1.165, 1.54) is 11.3 Å². The highest BCUT2D eigenvalue weighted by atomic mass is 16.2. The van der Waals surface area contributed by atoms with E-state index in [4.69, 9.17) is 0 Å². The second kappa shape index (κ2) is 9.35. The molecule has 0 radical (unpaired) electrons. The number of nitrogens with zero attached hydrogens (tertiary/aromatic N) is 1. The molecule has 1 saturated heterocycles. The smallest absolute Gasteiger partial charge is 0.322 e. The third-order valence-electron chi connectivity index (χ3n) is 6.27. The van der Waals surface area contributed by atoms with Crippen molar-refractivity contribution in [2.75, 3.05) is 25.0 Å². The van der Waals surface area contributed by atoms with Crippen molar-refractivity contribution in [3.8, 4) is 0 Å². The Labute approximate surface area is 182 Å². The van der Waals surface area contributed by atoms with Crippen LogP contribution in [0.3, 0.4) is 0 Å². The normalized spacial score (nSPS) is 18.3. The maximum absolute atomic E-state index is 13.2. The fourth-order valence-corrected chi connectivity index (χ4v) is 4.57. The predicted molar refractivity (Wildman–Crippen MR) is 125 cm³/mol. The van der Waals surface area contributed by atoms with Crippen molar-refractivity contribution in [2.24, 2.45) is 0 Å². The number of pyridine rings is 1. The van der Waals surface area contributed by atoms with Crippen molar-refractivity contribution < 1.29 is 9.69 Å². The Hall–Kier alpha value is -3.12. The number of aromatic nitrogens is 1. The molecule has 3 aromatic rings. The molecule has 1 fully saturated rings. The summed E-state index contributed by atoms with van der Waals surface area (Å²) >= 11 is 0. The van der Waals surface area contributed by atoms with Crippen LogP contribution in [-0.4, -0.2) is 41.6 Å². The number of para-hydroxylation sites is 1. The van der Waals surface area contributed by atoms with Crippen molar-refractivity contribution in [2.45, 2.75) is 39.3 Å². The van der Waals surface area contributed by atoms with Crippen LogP contribution in [0.4, 0.5) is 10.5 Å². The monoisotopic (exact) mass is 419 g/mol. The van der Waals surface area contributed by atoms with Crippen molar-refractivity contribution in [3.63, 3.8) is 0 Å². The lowest BCUT2D eigenvalue weighted by atomic mass is 10.1. The molecule has 1 unspecified atom stereocenters. The maximum atomic E-state index is 13.2. The minimum atomic E-state index is -0.169. The molecule has 0 saturated carbocycles. The van der Waals surface area contributed by atoms with Gasteiger partial charge in [-0.25, -0.2) is 4.79 Å². The van der Waals surface area contributed by atoms with Gasteiger partial charge in [-0.15, -0.1) is 0 Å². The van der Waals surface area contributed by atoms with Gasteiger partial charge in [-0.3, -0.25) is 4.79 Å². The molecule has 1 aromatic heterocycles. The summed E-state index contributed by atoms with van der Waals surface area (Å²) in [7, 11) is 0. The molecule has 0 spiro atoms. The number of nitrogens with one attached hydrogen (secondary N) is 3. The van der Waals surface area contributed by atoms with Gasteiger partial charge in [0.1, 0.15) is 6.04 Å². The minimum Gasteiger partial charge on any atom is -0.331 e. The number of hydrogen-bond acceptors (Lipinski definition) is 2. The second-order valence-corrected chi connectivity index (χ2v) is 8.49. The average molecular weight is 420 g/mol. The lowest BCUT2D eigenvalue weighted by Crippen LogP contribution is -3.14. The number of amides is 2. The van der Waals surface area contributed by atoms with Gasteiger partial charge in [0.05, 0.1) is 26.2 Å². The first-order chi connectivity index (χ1) is 15.0. The van der Waals surface area contributed by atoms with Gasteiger partial charge in [-0.1, -0.05) is 29.8 Å². The zero-order valence-electron chi connectivity index (χ0n) is 18.3. The summed E-state index contributed by atoms with van der Waals surface area (Å²) < 4.78 is 0. The van der Waals surface area contributed by atoms with Crippen LogP contribution in [0.2, 0.25) is 0 Å². The second-order valence-electron chi connectivity index (χ2n) is 8.49. The van der Waals surface area contributed by atoms with Crippen LogP contribution in [0.25, 0.3) is 10.9 Å². The Morgan fingerprint density at radius 2 is 2.00 bits per heavy atom. The van der Waals surface area contributed by atoms with Crippen molar-refractivity contribution in [1.29, 1.82) is 0 Å². The molecule has 6 nitrogen and oxygen atoms in total. The lowest BCUT2D eigenvalue weighted by Gasteiger charge is -2.28. The number of fused-ring (bicyclic) bond motifs is 1. The van der Waals surface area contributed by atoms with Crippen LogP contribution < -0.4 is 15.8 Å². The van der Waals surface area contributed by atoms with E-state index in [0.29, 0.717) is 18.2 Å². The Kier molecular flexibility index (Phi) is 6.37. The van der Waals surface area contributed by atoms with Crippen LogP contribution >= 0.6 is 0 Å². The summed E-state index contributed by atoms with van der Waals surface area (Å²) in [6, 6.07) is 17.6. The fraction of sp³-hybridized carbons (Fsp3) is 0.360.